The molecule has 0 bridgehead atoms. The summed E-state index contributed by atoms with van der Waals surface area (Å²) in [4.78, 5) is 4.96. The lowest BCUT2D eigenvalue weighted by Crippen LogP contribution is -2.22. The molecule has 6 nitrogen and oxygen atoms in total. The van der Waals surface area contributed by atoms with Gasteiger partial charge in [0.15, 0.2) is 5.16 Å². The van der Waals surface area contributed by atoms with Crippen LogP contribution >= 0.6 is 11.8 Å². The molecule has 0 atom stereocenters. The Bertz CT molecular complexity index is 801. The molecule has 0 saturated carbocycles. The fraction of sp³-hybridized carbons (Fsp3) is 0.588. The number of aromatic nitrogens is 2. The van der Waals surface area contributed by atoms with Crippen LogP contribution in [0.3, 0.4) is 0 Å². The van der Waals surface area contributed by atoms with Gasteiger partial charge in [-0.15, -0.1) is 0 Å². The summed E-state index contributed by atoms with van der Waals surface area (Å²) in [5.41, 5.74) is 1.70. The van der Waals surface area contributed by atoms with Crippen molar-refractivity contribution in [1.29, 1.82) is 0 Å². The Balaban J connectivity index is 2.38. The number of sulfonamides is 1. The maximum Gasteiger partial charge on any atom is 0.242 e. The third-order valence-electron chi connectivity index (χ3n) is 3.86. The average Bonchev–Trinajstić information content (AvgIpc) is 2.93. The lowest BCUT2D eigenvalue weighted by molar-refractivity contribution is 0.164. The van der Waals surface area contributed by atoms with Crippen molar-refractivity contribution in [3.63, 3.8) is 0 Å². The van der Waals surface area contributed by atoms with Crippen molar-refractivity contribution in [2.24, 2.45) is 0 Å². The van der Waals surface area contributed by atoms with E-state index < -0.39 is 10.0 Å². The van der Waals surface area contributed by atoms with Crippen molar-refractivity contribution in [1.82, 2.24) is 13.9 Å². The molecule has 0 N–H and O–H groups in total. The second kappa shape index (κ2) is 9.02. The van der Waals surface area contributed by atoms with Crippen LogP contribution in [0.4, 0.5) is 0 Å². The van der Waals surface area contributed by atoms with Crippen LogP contribution in [0.25, 0.3) is 11.0 Å². The molecule has 0 saturated heterocycles. The van der Waals surface area contributed by atoms with Gasteiger partial charge in [0.2, 0.25) is 10.0 Å². The molecule has 0 fully saturated rings. The first-order valence-corrected chi connectivity index (χ1v) is 11.0. The van der Waals surface area contributed by atoms with E-state index in [1.807, 2.05) is 13.0 Å². The van der Waals surface area contributed by atoms with Gasteiger partial charge in [0.25, 0.3) is 0 Å². The Morgan fingerprint density at radius 1 is 1.28 bits per heavy atom. The zero-order chi connectivity index (χ0) is 18.4. The fourth-order valence-electron chi connectivity index (χ4n) is 2.44. The summed E-state index contributed by atoms with van der Waals surface area (Å²) >= 11 is 1.65. The average molecular weight is 386 g/mol. The maximum absolute atomic E-state index is 12.4. The van der Waals surface area contributed by atoms with E-state index in [4.69, 9.17) is 4.74 Å². The number of imidazole rings is 1. The molecular formula is C17H27N3O3S2. The molecule has 0 aliphatic carbocycles. The van der Waals surface area contributed by atoms with Crippen LogP contribution in [0.2, 0.25) is 0 Å². The van der Waals surface area contributed by atoms with E-state index in [1.165, 1.54) is 18.4 Å². The minimum Gasteiger partial charge on any atom is -0.381 e. The predicted octanol–water partition coefficient (Wildman–Crippen LogP) is 3.22. The second-order valence-corrected chi connectivity index (χ2v) is 9.10. The highest BCUT2D eigenvalue weighted by molar-refractivity contribution is 7.99. The summed E-state index contributed by atoms with van der Waals surface area (Å²) < 4.78 is 33.5. The number of benzene rings is 1. The van der Waals surface area contributed by atoms with E-state index in [-0.39, 0.29) is 4.90 Å². The van der Waals surface area contributed by atoms with Crippen molar-refractivity contribution in [3.05, 3.63) is 18.2 Å². The minimum atomic E-state index is -3.46. The van der Waals surface area contributed by atoms with Gasteiger partial charge in [0.05, 0.1) is 22.5 Å². The standard InChI is InChI=1S/C17H27N3O3S2/c1-5-7-10-20-16-9-8-14(25(21,22)19(3)4)13-15(16)18-17(20)24-12-11-23-6-2/h8-9,13H,5-7,10-12H2,1-4H3. The third kappa shape index (κ3) is 4.75. The zero-order valence-electron chi connectivity index (χ0n) is 15.4. The highest BCUT2D eigenvalue weighted by Gasteiger charge is 2.19. The highest BCUT2D eigenvalue weighted by atomic mass is 32.2. The van der Waals surface area contributed by atoms with Gasteiger partial charge in [-0.1, -0.05) is 25.1 Å². The van der Waals surface area contributed by atoms with Crippen LogP contribution < -0.4 is 0 Å². The summed E-state index contributed by atoms with van der Waals surface area (Å²) in [7, 11) is -0.384. The van der Waals surface area contributed by atoms with Gasteiger partial charge in [-0.3, -0.25) is 0 Å². The van der Waals surface area contributed by atoms with Gasteiger partial charge in [-0.25, -0.2) is 17.7 Å². The van der Waals surface area contributed by atoms with Crippen molar-refractivity contribution >= 4 is 32.8 Å². The largest absolute Gasteiger partial charge is 0.381 e. The summed E-state index contributed by atoms with van der Waals surface area (Å²) in [6.07, 6.45) is 2.15. The molecule has 1 aromatic carbocycles. The van der Waals surface area contributed by atoms with E-state index in [9.17, 15) is 8.42 Å². The van der Waals surface area contributed by atoms with Crippen LogP contribution in [0.1, 0.15) is 26.7 Å². The number of fused-ring (bicyclic) bond motifs is 1. The summed E-state index contributed by atoms with van der Waals surface area (Å²) in [5, 5.41) is 0.919. The van der Waals surface area contributed by atoms with Crippen LogP contribution in [-0.2, 0) is 21.3 Å². The smallest absolute Gasteiger partial charge is 0.242 e. The molecule has 2 aromatic rings. The van der Waals surface area contributed by atoms with Crippen LogP contribution in [0.5, 0.6) is 0 Å². The van der Waals surface area contributed by atoms with Gasteiger partial charge < -0.3 is 9.30 Å². The number of nitrogens with zero attached hydrogens (tertiary/aromatic N) is 3. The van der Waals surface area contributed by atoms with Crippen LogP contribution in [-0.4, -0.2) is 55.3 Å². The molecule has 0 radical (unpaired) electrons. The summed E-state index contributed by atoms with van der Waals surface area (Å²) in [6.45, 7) is 6.40. The van der Waals surface area contributed by atoms with E-state index in [0.29, 0.717) is 13.2 Å². The van der Waals surface area contributed by atoms with E-state index in [1.54, 1.807) is 23.9 Å². The lowest BCUT2D eigenvalue weighted by Gasteiger charge is -2.11. The van der Waals surface area contributed by atoms with Crippen molar-refractivity contribution < 1.29 is 13.2 Å². The van der Waals surface area contributed by atoms with E-state index >= 15 is 0 Å². The molecule has 0 unspecified atom stereocenters. The quantitative estimate of drug-likeness (QED) is 0.464. The first kappa shape index (κ1) is 20.2. The van der Waals surface area contributed by atoms with Crippen molar-refractivity contribution in [2.45, 2.75) is 43.3 Å². The zero-order valence-corrected chi connectivity index (χ0v) is 17.0. The van der Waals surface area contributed by atoms with E-state index in [2.05, 4.69) is 16.5 Å². The summed E-state index contributed by atoms with van der Waals surface area (Å²) in [6, 6.07) is 5.19. The van der Waals surface area contributed by atoms with Gasteiger partial charge in [-0.05, 0) is 31.5 Å². The Labute approximate surface area is 154 Å². The highest BCUT2D eigenvalue weighted by Crippen LogP contribution is 2.27. The number of aryl methyl sites for hydroxylation is 1. The van der Waals surface area contributed by atoms with Crippen molar-refractivity contribution in [3.8, 4) is 0 Å². The third-order valence-corrected chi connectivity index (χ3v) is 6.61. The molecule has 140 valence electrons. The number of thioether (sulfide) groups is 1. The molecule has 25 heavy (non-hydrogen) atoms. The Morgan fingerprint density at radius 3 is 2.68 bits per heavy atom. The molecular weight excluding hydrogens is 358 g/mol. The van der Waals surface area contributed by atoms with Crippen molar-refractivity contribution in [2.75, 3.05) is 33.1 Å². The molecule has 8 heteroatoms. The van der Waals surface area contributed by atoms with Gasteiger partial charge >= 0.3 is 0 Å². The molecule has 0 aliphatic rings. The number of hydrogen-bond donors (Lipinski definition) is 0. The topological polar surface area (TPSA) is 64.4 Å². The second-order valence-electron chi connectivity index (χ2n) is 5.88. The number of hydrogen-bond acceptors (Lipinski definition) is 5. The Kier molecular flexibility index (Phi) is 7.30. The predicted molar refractivity (Wildman–Crippen MR) is 103 cm³/mol. The number of unbranched alkanes of at least 4 members (excludes halogenated alkanes) is 1. The SMILES string of the molecule is CCCCn1c(SCCOCC)nc2cc(S(=O)(=O)N(C)C)ccc21. The number of ether oxygens (including phenoxy) is 1. The van der Waals surface area contributed by atoms with Gasteiger partial charge in [-0.2, -0.15) is 0 Å². The van der Waals surface area contributed by atoms with E-state index in [0.717, 1.165) is 41.3 Å². The molecule has 1 aromatic heterocycles. The monoisotopic (exact) mass is 385 g/mol. The Hall–Kier alpha value is -1.09. The first-order valence-electron chi connectivity index (χ1n) is 8.55. The van der Waals surface area contributed by atoms with Gasteiger partial charge in [0.1, 0.15) is 0 Å². The maximum atomic E-state index is 12.4. The molecule has 0 amide bonds. The van der Waals surface area contributed by atoms with Crippen LogP contribution in [0.15, 0.2) is 28.3 Å². The van der Waals surface area contributed by atoms with Gasteiger partial charge in [0, 0.05) is 33.0 Å². The lowest BCUT2D eigenvalue weighted by atomic mass is 10.3. The molecule has 2 rings (SSSR count). The first-order chi connectivity index (χ1) is 11.9. The minimum absolute atomic E-state index is 0.274. The normalized spacial score (nSPS) is 12.4. The molecule has 0 aliphatic heterocycles. The molecule has 0 spiro atoms. The summed E-state index contributed by atoms with van der Waals surface area (Å²) in [5.74, 6) is 0.826. The molecule has 1 heterocycles. The Morgan fingerprint density at radius 2 is 2.04 bits per heavy atom. The fourth-order valence-corrected chi connectivity index (χ4v) is 4.25. The number of rotatable bonds is 10. The van der Waals surface area contributed by atoms with Crippen LogP contribution in [0, 0.1) is 0 Å².